The van der Waals surface area contributed by atoms with Gasteiger partial charge in [0.05, 0.1) is 5.25 Å². The predicted octanol–water partition coefficient (Wildman–Crippen LogP) is 2.47. The normalized spacial score (nSPS) is 30.0. The van der Waals surface area contributed by atoms with E-state index in [1.807, 2.05) is 7.05 Å². The minimum atomic E-state index is -3.01. The molecule has 2 saturated carbocycles. The van der Waals surface area contributed by atoms with Crippen LogP contribution in [0.4, 0.5) is 0 Å². The highest BCUT2D eigenvalue weighted by molar-refractivity contribution is 7.91. The largest absolute Gasteiger partial charge is 0.314 e. The quantitative estimate of drug-likeness (QED) is 0.846. The Balaban J connectivity index is 1.99. The van der Waals surface area contributed by atoms with Gasteiger partial charge in [-0.05, 0) is 39.2 Å². The van der Waals surface area contributed by atoms with Gasteiger partial charge in [-0.3, -0.25) is 4.79 Å². The van der Waals surface area contributed by atoms with Crippen molar-refractivity contribution in [3.05, 3.63) is 0 Å². The van der Waals surface area contributed by atoms with E-state index in [9.17, 15) is 13.2 Å². The summed E-state index contributed by atoms with van der Waals surface area (Å²) >= 11 is 0. The molecule has 0 amide bonds. The SMILES string of the molecule is CNC1(CC(=O)C2CCCC(S(C)(=O)=O)C2)CCCCC1. The highest BCUT2D eigenvalue weighted by Gasteiger charge is 2.37. The molecule has 2 atom stereocenters. The van der Waals surface area contributed by atoms with E-state index in [1.54, 1.807) is 0 Å². The fourth-order valence-corrected chi connectivity index (χ4v) is 5.22. The first-order valence-electron chi connectivity index (χ1n) is 8.27. The molecule has 0 aromatic heterocycles. The van der Waals surface area contributed by atoms with E-state index in [1.165, 1.54) is 25.5 Å². The molecule has 2 aliphatic carbocycles. The number of sulfone groups is 1. The molecule has 0 heterocycles. The van der Waals surface area contributed by atoms with Crippen molar-refractivity contribution in [1.29, 1.82) is 0 Å². The molecule has 2 aliphatic rings. The van der Waals surface area contributed by atoms with E-state index in [0.717, 1.165) is 32.1 Å². The third kappa shape index (κ3) is 4.28. The van der Waals surface area contributed by atoms with Crippen LogP contribution in [0.1, 0.15) is 64.2 Å². The second kappa shape index (κ2) is 6.78. The van der Waals surface area contributed by atoms with Crippen molar-refractivity contribution in [3.63, 3.8) is 0 Å². The van der Waals surface area contributed by atoms with Crippen molar-refractivity contribution in [3.8, 4) is 0 Å². The smallest absolute Gasteiger partial charge is 0.150 e. The van der Waals surface area contributed by atoms with Crippen molar-refractivity contribution in [2.24, 2.45) is 5.92 Å². The first-order chi connectivity index (χ1) is 9.86. The molecule has 0 radical (unpaired) electrons. The lowest BCUT2D eigenvalue weighted by Crippen LogP contribution is -2.47. The van der Waals surface area contributed by atoms with Crippen molar-refractivity contribution in [2.75, 3.05) is 13.3 Å². The van der Waals surface area contributed by atoms with E-state index in [4.69, 9.17) is 0 Å². The number of hydrogen-bond donors (Lipinski definition) is 1. The third-order valence-corrected chi connectivity index (χ3v) is 7.18. The Morgan fingerprint density at radius 1 is 1.14 bits per heavy atom. The van der Waals surface area contributed by atoms with E-state index >= 15 is 0 Å². The second-order valence-corrected chi connectivity index (χ2v) is 9.37. The number of nitrogens with one attached hydrogen (secondary N) is 1. The number of rotatable bonds is 5. The molecule has 0 aliphatic heterocycles. The van der Waals surface area contributed by atoms with E-state index in [-0.39, 0.29) is 22.5 Å². The van der Waals surface area contributed by atoms with Crippen LogP contribution in [0.2, 0.25) is 0 Å². The van der Waals surface area contributed by atoms with Crippen LogP contribution in [0.15, 0.2) is 0 Å². The molecule has 2 rings (SSSR count). The summed E-state index contributed by atoms with van der Waals surface area (Å²) < 4.78 is 23.5. The van der Waals surface area contributed by atoms with Gasteiger partial charge >= 0.3 is 0 Å². The fourth-order valence-electron chi connectivity index (χ4n) is 4.05. The maximum absolute atomic E-state index is 12.7. The van der Waals surface area contributed by atoms with Gasteiger partial charge in [-0.2, -0.15) is 0 Å². The monoisotopic (exact) mass is 315 g/mol. The number of carbonyl (C=O) groups excluding carboxylic acids is 1. The zero-order chi connectivity index (χ0) is 15.5. The summed E-state index contributed by atoms with van der Waals surface area (Å²) in [5.41, 5.74) is -0.0344. The minimum absolute atomic E-state index is 0.0344. The van der Waals surface area contributed by atoms with Gasteiger partial charge < -0.3 is 5.32 Å². The van der Waals surface area contributed by atoms with Gasteiger partial charge in [0.1, 0.15) is 15.6 Å². The van der Waals surface area contributed by atoms with E-state index in [0.29, 0.717) is 12.8 Å². The van der Waals surface area contributed by atoms with Gasteiger partial charge in [0.2, 0.25) is 0 Å². The molecule has 122 valence electrons. The zero-order valence-corrected chi connectivity index (χ0v) is 14.2. The van der Waals surface area contributed by atoms with Crippen LogP contribution in [0, 0.1) is 5.92 Å². The Morgan fingerprint density at radius 2 is 1.81 bits per heavy atom. The topological polar surface area (TPSA) is 63.2 Å². The highest BCUT2D eigenvalue weighted by atomic mass is 32.2. The van der Waals surface area contributed by atoms with Crippen LogP contribution in [0.5, 0.6) is 0 Å². The van der Waals surface area contributed by atoms with Crippen molar-refractivity contribution < 1.29 is 13.2 Å². The summed E-state index contributed by atoms with van der Waals surface area (Å²) in [7, 11) is -1.06. The van der Waals surface area contributed by atoms with Gasteiger partial charge in [0.25, 0.3) is 0 Å². The average molecular weight is 315 g/mol. The molecule has 0 aromatic carbocycles. The molecule has 21 heavy (non-hydrogen) atoms. The Morgan fingerprint density at radius 3 is 2.38 bits per heavy atom. The molecule has 0 spiro atoms. The van der Waals surface area contributed by atoms with E-state index < -0.39 is 9.84 Å². The molecule has 2 unspecified atom stereocenters. The number of Topliss-reactive ketones (excluding diaryl/α,β-unsaturated/α-hetero) is 1. The van der Waals surface area contributed by atoms with Gasteiger partial charge in [0, 0.05) is 24.1 Å². The molecule has 1 N–H and O–H groups in total. The summed E-state index contributed by atoms with van der Waals surface area (Å²) in [5.74, 6) is 0.227. The summed E-state index contributed by atoms with van der Waals surface area (Å²) in [6.07, 6.45) is 10.6. The van der Waals surface area contributed by atoms with Crippen molar-refractivity contribution in [2.45, 2.75) is 75.0 Å². The first kappa shape index (κ1) is 16.9. The second-order valence-electron chi connectivity index (χ2n) is 7.05. The van der Waals surface area contributed by atoms with Crippen LogP contribution in [-0.2, 0) is 14.6 Å². The zero-order valence-electron chi connectivity index (χ0n) is 13.4. The molecule has 0 saturated heterocycles. The summed E-state index contributed by atoms with van der Waals surface area (Å²) in [5, 5.41) is 3.08. The molecular formula is C16H29NO3S. The molecule has 0 aromatic rings. The lowest BCUT2D eigenvalue weighted by Gasteiger charge is -2.38. The summed E-state index contributed by atoms with van der Waals surface area (Å²) in [4.78, 5) is 12.7. The van der Waals surface area contributed by atoms with Crippen LogP contribution < -0.4 is 5.32 Å². The van der Waals surface area contributed by atoms with Gasteiger partial charge in [-0.1, -0.05) is 25.7 Å². The molecule has 5 heteroatoms. The van der Waals surface area contributed by atoms with Crippen LogP contribution in [0.25, 0.3) is 0 Å². The van der Waals surface area contributed by atoms with E-state index in [2.05, 4.69) is 5.32 Å². The lowest BCUT2D eigenvalue weighted by molar-refractivity contribution is -0.125. The van der Waals surface area contributed by atoms with Crippen molar-refractivity contribution >= 4 is 15.6 Å². The van der Waals surface area contributed by atoms with Crippen LogP contribution in [-0.4, -0.2) is 38.3 Å². The number of ketones is 1. The average Bonchev–Trinajstić information content (AvgIpc) is 2.47. The minimum Gasteiger partial charge on any atom is -0.314 e. The third-order valence-electron chi connectivity index (χ3n) is 5.54. The maximum Gasteiger partial charge on any atom is 0.150 e. The first-order valence-corrected chi connectivity index (χ1v) is 10.2. The Labute approximate surface area is 129 Å². The van der Waals surface area contributed by atoms with Gasteiger partial charge in [0.15, 0.2) is 0 Å². The molecule has 4 nitrogen and oxygen atoms in total. The predicted molar refractivity (Wildman–Crippen MR) is 85.1 cm³/mol. The maximum atomic E-state index is 12.7. The van der Waals surface area contributed by atoms with Gasteiger partial charge in [-0.25, -0.2) is 8.42 Å². The Kier molecular flexibility index (Phi) is 5.47. The number of carbonyl (C=O) groups is 1. The summed E-state index contributed by atoms with van der Waals surface area (Å²) in [6.45, 7) is 0. The Hall–Kier alpha value is -0.420. The lowest BCUT2D eigenvalue weighted by atomic mass is 9.74. The van der Waals surface area contributed by atoms with Gasteiger partial charge in [-0.15, -0.1) is 0 Å². The number of hydrogen-bond acceptors (Lipinski definition) is 4. The van der Waals surface area contributed by atoms with Crippen molar-refractivity contribution in [1.82, 2.24) is 5.32 Å². The standard InChI is InChI=1S/C16H29NO3S/c1-17-16(9-4-3-5-10-16)12-15(18)13-7-6-8-14(11-13)21(2,19)20/h13-14,17H,3-12H2,1-2H3. The fraction of sp³-hybridized carbons (Fsp3) is 0.938. The van der Waals surface area contributed by atoms with Crippen LogP contribution >= 0.6 is 0 Å². The Bertz CT molecular complexity index is 466. The highest BCUT2D eigenvalue weighted by Crippen LogP contribution is 2.35. The molecule has 2 fully saturated rings. The molecular weight excluding hydrogens is 286 g/mol. The summed E-state index contributed by atoms with van der Waals surface area (Å²) in [6, 6.07) is 0. The molecule has 0 bridgehead atoms. The van der Waals surface area contributed by atoms with Crippen LogP contribution in [0.3, 0.4) is 0 Å².